The summed E-state index contributed by atoms with van der Waals surface area (Å²) in [5, 5.41) is 10.8. The first-order chi connectivity index (χ1) is 9.49. The summed E-state index contributed by atoms with van der Waals surface area (Å²) in [4.78, 5) is 2.54. The monoisotopic (exact) mass is 312 g/mol. The van der Waals surface area contributed by atoms with Crippen molar-refractivity contribution in [2.24, 2.45) is 5.73 Å². The van der Waals surface area contributed by atoms with E-state index in [1.165, 1.54) is 6.42 Å². The number of likely N-dealkylation sites (N-methyl/N-ethyl adjacent to an activating group) is 1. The molecule has 0 aliphatic heterocycles. The van der Waals surface area contributed by atoms with Gasteiger partial charge in [0.15, 0.2) is 0 Å². The van der Waals surface area contributed by atoms with E-state index >= 15 is 0 Å². The summed E-state index contributed by atoms with van der Waals surface area (Å²) in [6, 6.07) is 5.89. The standard InChI is InChI=1S/C15H21ClN2OS/c1-18(13-4-2-3-5-14(13)19)9-11-7-6-10(15(17)20)8-12(11)16/h6-8,13-14,19H,2-5,9H2,1H3,(H2,17,20). The topological polar surface area (TPSA) is 49.5 Å². The van der Waals surface area contributed by atoms with E-state index < -0.39 is 0 Å². The second kappa shape index (κ2) is 6.85. The first-order valence-electron chi connectivity index (χ1n) is 6.95. The largest absolute Gasteiger partial charge is 0.391 e. The van der Waals surface area contributed by atoms with Gasteiger partial charge in [-0.05, 0) is 31.5 Å². The highest BCUT2D eigenvalue weighted by Gasteiger charge is 2.26. The molecule has 1 aliphatic carbocycles. The van der Waals surface area contributed by atoms with Gasteiger partial charge in [-0.1, -0.05) is 48.8 Å². The van der Waals surface area contributed by atoms with Crippen molar-refractivity contribution in [2.45, 2.75) is 44.4 Å². The minimum absolute atomic E-state index is 0.218. The zero-order chi connectivity index (χ0) is 14.7. The van der Waals surface area contributed by atoms with Crippen molar-refractivity contribution in [1.29, 1.82) is 0 Å². The zero-order valence-electron chi connectivity index (χ0n) is 11.7. The van der Waals surface area contributed by atoms with E-state index in [0.29, 0.717) is 10.0 Å². The Kier molecular flexibility index (Phi) is 5.38. The lowest BCUT2D eigenvalue weighted by atomic mass is 9.91. The van der Waals surface area contributed by atoms with Gasteiger partial charge in [0.25, 0.3) is 0 Å². The maximum absolute atomic E-state index is 10.1. The molecule has 1 saturated carbocycles. The van der Waals surface area contributed by atoms with Crippen molar-refractivity contribution in [3.63, 3.8) is 0 Å². The number of aliphatic hydroxyl groups excluding tert-OH is 1. The number of thiocarbonyl (C=S) groups is 1. The normalized spacial score (nSPS) is 23.0. The molecular formula is C15H21ClN2OS. The molecule has 1 fully saturated rings. The molecule has 20 heavy (non-hydrogen) atoms. The Morgan fingerprint density at radius 3 is 2.75 bits per heavy atom. The lowest BCUT2D eigenvalue weighted by Crippen LogP contribution is -2.42. The molecule has 0 bridgehead atoms. The van der Waals surface area contributed by atoms with Gasteiger partial charge in [0, 0.05) is 23.2 Å². The molecule has 2 rings (SSSR count). The molecule has 0 amide bonds. The van der Waals surface area contributed by atoms with Crippen LogP contribution < -0.4 is 5.73 Å². The summed E-state index contributed by atoms with van der Waals surface area (Å²) < 4.78 is 0. The lowest BCUT2D eigenvalue weighted by molar-refractivity contribution is 0.0288. The van der Waals surface area contributed by atoms with Crippen molar-refractivity contribution in [3.8, 4) is 0 Å². The Morgan fingerprint density at radius 1 is 1.45 bits per heavy atom. The van der Waals surface area contributed by atoms with Crippen LogP contribution >= 0.6 is 23.8 Å². The molecule has 2 unspecified atom stereocenters. The molecule has 0 spiro atoms. The van der Waals surface area contributed by atoms with E-state index in [2.05, 4.69) is 4.90 Å². The van der Waals surface area contributed by atoms with Crippen LogP contribution in [0.15, 0.2) is 18.2 Å². The second-order valence-corrected chi connectivity index (χ2v) is 6.35. The number of hydrogen-bond acceptors (Lipinski definition) is 3. The Labute approximate surface area is 130 Å². The van der Waals surface area contributed by atoms with E-state index in [0.717, 1.165) is 36.9 Å². The molecule has 1 aliphatic rings. The Hall–Kier alpha value is -0.680. The molecule has 110 valence electrons. The van der Waals surface area contributed by atoms with Gasteiger partial charge in [0.1, 0.15) is 4.99 Å². The molecular weight excluding hydrogens is 292 g/mol. The quantitative estimate of drug-likeness (QED) is 0.839. The molecule has 3 N–H and O–H groups in total. The molecule has 2 atom stereocenters. The first-order valence-corrected chi connectivity index (χ1v) is 7.74. The zero-order valence-corrected chi connectivity index (χ0v) is 13.3. The molecule has 1 aromatic rings. The van der Waals surface area contributed by atoms with Crippen molar-refractivity contribution < 1.29 is 5.11 Å². The van der Waals surface area contributed by atoms with Gasteiger partial charge < -0.3 is 10.8 Å². The summed E-state index contributed by atoms with van der Waals surface area (Å²) in [7, 11) is 2.04. The number of aliphatic hydroxyl groups is 1. The number of nitrogens with zero attached hydrogens (tertiary/aromatic N) is 1. The maximum atomic E-state index is 10.1. The highest BCUT2D eigenvalue weighted by Crippen LogP contribution is 2.25. The highest BCUT2D eigenvalue weighted by atomic mass is 35.5. The van der Waals surface area contributed by atoms with E-state index in [-0.39, 0.29) is 12.1 Å². The molecule has 1 aromatic carbocycles. The van der Waals surface area contributed by atoms with Gasteiger partial charge in [0.2, 0.25) is 0 Å². The lowest BCUT2D eigenvalue weighted by Gasteiger charge is -2.35. The maximum Gasteiger partial charge on any atom is 0.104 e. The van der Waals surface area contributed by atoms with Crippen molar-refractivity contribution in [3.05, 3.63) is 34.3 Å². The van der Waals surface area contributed by atoms with E-state index in [9.17, 15) is 5.11 Å². The van der Waals surface area contributed by atoms with Gasteiger partial charge in [-0.3, -0.25) is 4.90 Å². The van der Waals surface area contributed by atoms with E-state index in [1.54, 1.807) is 0 Å². The number of hydrogen-bond donors (Lipinski definition) is 2. The van der Waals surface area contributed by atoms with Crippen molar-refractivity contribution in [2.75, 3.05) is 7.05 Å². The van der Waals surface area contributed by atoms with Crippen LogP contribution in [0.3, 0.4) is 0 Å². The van der Waals surface area contributed by atoms with Crippen LogP contribution in [0.2, 0.25) is 5.02 Å². The molecule has 5 heteroatoms. The summed E-state index contributed by atoms with van der Waals surface area (Å²) in [5.41, 5.74) is 7.42. The van der Waals surface area contributed by atoms with Gasteiger partial charge in [-0.25, -0.2) is 0 Å². The van der Waals surface area contributed by atoms with Crippen LogP contribution in [-0.4, -0.2) is 34.2 Å². The Bertz CT molecular complexity index is 495. The fourth-order valence-electron chi connectivity index (χ4n) is 2.82. The summed E-state index contributed by atoms with van der Waals surface area (Å²) in [6.45, 7) is 0.720. The minimum Gasteiger partial charge on any atom is -0.391 e. The first kappa shape index (κ1) is 15.7. The minimum atomic E-state index is -0.233. The smallest absolute Gasteiger partial charge is 0.104 e. The number of rotatable bonds is 4. The van der Waals surface area contributed by atoms with Gasteiger partial charge in [-0.15, -0.1) is 0 Å². The predicted molar refractivity (Wildman–Crippen MR) is 87.1 cm³/mol. The molecule has 0 aromatic heterocycles. The average Bonchev–Trinajstić information content (AvgIpc) is 2.41. The van der Waals surface area contributed by atoms with Crippen molar-refractivity contribution in [1.82, 2.24) is 4.90 Å². The Morgan fingerprint density at radius 2 is 2.15 bits per heavy atom. The third kappa shape index (κ3) is 3.70. The fraction of sp³-hybridized carbons (Fsp3) is 0.533. The van der Waals surface area contributed by atoms with Crippen LogP contribution in [0.5, 0.6) is 0 Å². The van der Waals surface area contributed by atoms with Crippen LogP contribution in [0.25, 0.3) is 0 Å². The number of halogens is 1. The van der Waals surface area contributed by atoms with Gasteiger partial charge in [0.05, 0.1) is 6.10 Å². The third-order valence-electron chi connectivity index (χ3n) is 4.02. The van der Waals surface area contributed by atoms with Crippen LogP contribution in [0, 0.1) is 0 Å². The van der Waals surface area contributed by atoms with Crippen LogP contribution in [0.4, 0.5) is 0 Å². The van der Waals surface area contributed by atoms with Crippen LogP contribution in [-0.2, 0) is 6.54 Å². The summed E-state index contributed by atoms with van der Waals surface area (Å²) >= 11 is 11.2. The number of benzene rings is 1. The molecule has 0 radical (unpaired) electrons. The highest BCUT2D eigenvalue weighted by molar-refractivity contribution is 7.80. The Balaban J connectivity index is 2.07. The molecule has 0 heterocycles. The third-order valence-corrected chi connectivity index (χ3v) is 4.60. The van der Waals surface area contributed by atoms with Crippen molar-refractivity contribution >= 4 is 28.8 Å². The van der Waals surface area contributed by atoms with E-state index in [4.69, 9.17) is 29.6 Å². The number of nitrogens with two attached hydrogens (primary N) is 1. The van der Waals surface area contributed by atoms with Crippen LogP contribution in [0.1, 0.15) is 36.8 Å². The SMILES string of the molecule is CN(Cc1ccc(C(N)=S)cc1Cl)C1CCCCC1O. The summed E-state index contributed by atoms with van der Waals surface area (Å²) in [6.07, 6.45) is 4.00. The fourth-order valence-corrected chi connectivity index (χ4v) is 3.19. The molecule has 0 saturated heterocycles. The average molecular weight is 313 g/mol. The molecule has 3 nitrogen and oxygen atoms in total. The summed E-state index contributed by atoms with van der Waals surface area (Å²) in [5.74, 6) is 0. The predicted octanol–water partition coefficient (Wildman–Crippen LogP) is 2.71. The van der Waals surface area contributed by atoms with Gasteiger partial charge >= 0.3 is 0 Å². The van der Waals surface area contributed by atoms with E-state index in [1.807, 2.05) is 25.2 Å². The van der Waals surface area contributed by atoms with Gasteiger partial charge in [-0.2, -0.15) is 0 Å². The second-order valence-electron chi connectivity index (χ2n) is 5.50.